The number of H-pyrrole nitrogens is 1. The van der Waals surface area contributed by atoms with Crippen molar-refractivity contribution in [3.05, 3.63) is 48.2 Å². The first kappa shape index (κ1) is 13.9. The van der Waals surface area contributed by atoms with Crippen molar-refractivity contribution in [1.29, 1.82) is 0 Å². The molecule has 1 N–H and O–H groups in total. The summed E-state index contributed by atoms with van der Waals surface area (Å²) in [6.45, 7) is 3.89. The second-order valence-corrected chi connectivity index (χ2v) is 5.76. The molecule has 1 heterocycles. The van der Waals surface area contributed by atoms with Crippen molar-refractivity contribution < 1.29 is 4.79 Å². The Bertz CT molecular complexity index is 784. The van der Waals surface area contributed by atoms with Crippen molar-refractivity contribution in [3.63, 3.8) is 0 Å². The third-order valence-corrected chi connectivity index (χ3v) is 4.31. The van der Waals surface area contributed by atoms with Gasteiger partial charge in [-0.25, -0.2) is 0 Å². The summed E-state index contributed by atoms with van der Waals surface area (Å²) in [6.07, 6.45) is 5.11. The van der Waals surface area contributed by atoms with E-state index in [2.05, 4.69) is 48.3 Å². The van der Waals surface area contributed by atoms with E-state index in [1.54, 1.807) is 6.92 Å². The summed E-state index contributed by atoms with van der Waals surface area (Å²) in [6, 6.07) is 12.7. The molecule has 0 fully saturated rings. The van der Waals surface area contributed by atoms with E-state index < -0.39 is 0 Å². The van der Waals surface area contributed by atoms with Gasteiger partial charge in [0.05, 0.1) is 5.52 Å². The Hall–Kier alpha value is -2.09. The smallest absolute Gasteiger partial charge is 0.137 e. The van der Waals surface area contributed by atoms with Gasteiger partial charge in [0, 0.05) is 22.9 Å². The van der Waals surface area contributed by atoms with Gasteiger partial charge < -0.3 is 4.98 Å². The van der Waals surface area contributed by atoms with Crippen LogP contribution >= 0.6 is 0 Å². The number of rotatable bonds is 5. The number of carbonyl (C=O) groups is 1. The zero-order valence-electron chi connectivity index (χ0n) is 12.6. The number of hydrogen-bond acceptors (Lipinski definition) is 1. The minimum atomic E-state index is 0.00847. The lowest BCUT2D eigenvalue weighted by Gasteiger charge is -2.17. The lowest BCUT2D eigenvalue weighted by molar-refractivity contribution is -0.118. The van der Waals surface area contributed by atoms with Crippen molar-refractivity contribution in [2.75, 3.05) is 0 Å². The summed E-state index contributed by atoms with van der Waals surface area (Å²) >= 11 is 0. The highest BCUT2D eigenvalue weighted by Gasteiger charge is 2.20. The minimum Gasteiger partial charge on any atom is -0.361 e. The molecule has 0 bridgehead atoms. The third-order valence-electron chi connectivity index (χ3n) is 4.31. The zero-order valence-corrected chi connectivity index (χ0v) is 12.6. The van der Waals surface area contributed by atoms with E-state index in [9.17, 15) is 4.79 Å². The molecule has 3 aromatic rings. The highest BCUT2D eigenvalue weighted by molar-refractivity contribution is 6.08. The molecular formula is C19H21NO. The van der Waals surface area contributed by atoms with E-state index in [-0.39, 0.29) is 11.7 Å². The SMILES string of the molecule is CCCCC(C(C)=O)c1cc2cc[nH]c2c2ccccc12. The van der Waals surface area contributed by atoms with Gasteiger partial charge in [-0.1, -0.05) is 44.0 Å². The van der Waals surface area contributed by atoms with Crippen LogP contribution in [0.25, 0.3) is 21.7 Å². The average molecular weight is 279 g/mol. The Kier molecular flexibility index (Phi) is 3.78. The largest absolute Gasteiger partial charge is 0.361 e. The summed E-state index contributed by atoms with van der Waals surface area (Å²) in [5, 5.41) is 3.59. The van der Waals surface area contributed by atoms with Gasteiger partial charge in [0.1, 0.15) is 5.78 Å². The molecule has 21 heavy (non-hydrogen) atoms. The first-order valence-corrected chi connectivity index (χ1v) is 7.71. The highest BCUT2D eigenvalue weighted by atomic mass is 16.1. The van der Waals surface area contributed by atoms with Gasteiger partial charge in [-0.15, -0.1) is 0 Å². The molecular weight excluding hydrogens is 258 g/mol. The van der Waals surface area contributed by atoms with Gasteiger partial charge in [-0.2, -0.15) is 0 Å². The summed E-state index contributed by atoms with van der Waals surface area (Å²) in [5.41, 5.74) is 2.34. The molecule has 3 rings (SSSR count). The first-order chi connectivity index (χ1) is 10.2. The monoisotopic (exact) mass is 279 g/mol. The normalized spacial score (nSPS) is 12.9. The number of aromatic amines is 1. The van der Waals surface area contributed by atoms with Gasteiger partial charge in [0.2, 0.25) is 0 Å². The molecule has 0 saturated heterocycles. The Labute approximate surface area is 125 Å². The third kappa shape index (κ3) is 2.46. The van der Waals surface area contributed by atoms with Crippen LogP contribution in [0.15, 0.2) is 42.6 Å². The standard InChI is InChI=1S/C19H21NO/c1-3-4-7-15(13(2)21)18-12-14-10-11-20-19(14)17-9-6-5-8-16(17)18/h5-6,8-12,15,20H,3-4,7H2,1-2H3. The molecule has 0 aliphatic carbocycles. The summed E-state index contributed by atoms with van der Waals surface area (Å²) < 4.78 is 0. The van der Waals surface area contributed by atoms with Gasteiger partial charge in [0.15, 0.2) is 0 Å². The Balaban J connectivity index is 2.25. The van der Waals surface area contributed by atoms with Crippen LogP contribution in [0.1, 0.15) is 44.6 Å². The van der Waals surface area contributed by atoms with Crippen LogP contribution in [0.4, 0.5) is 0 Å². The van der Waals surface area contributed by atoms with Gasteiger partial charge in [-0.3, -0.25) is 4.79 Å². The maximum absolute atomic E-state index is 12.2. The predicted octanol–water partition coefficient (Wildman–Crippen LogP) is 5.18. The number of fused-ring (bicyclic) bond motifs is 3. The molecule has 0 aliphatic heterocycles. The van der Waals surface area contributed by atoms with Crippen LogP contribution in [0.3, 0.4) is 0 Å². The Morgan fingerprint density at radius 2 is 1.95 bits per heavy atom. The van der Waals surface area contributed by atoms with E-state index in [0.29, 0.717) is 0 Å². The van der Waals surface area contributed by atoms with E-state index in [4.69, 9.17) is 0 Å². The van der Waals surface area contributed by atoms with E-state index in [1.807, 2.05) is 6.20 Å². The molecule has 2 aromatic carbocycles. The van der Waals surface area contributed by atoms with Crippen LogP contribution < -0.4 is 0 Å². The van der Waals surface area contributed by atoms with Crippen molar-refractivity contribution in [3.8, 4) is 0 Å². The van der Waals surface area contributed by atoms with Crippen LogP contribution in [0, 0.1) is 0 Å². The van der Waals surface area contributed by atoms with Crippen LogP contribution in [-0.2, 0) is 4.79 Å². The van der Waals surface area contributed by atoms with E-state index in [1.165, 1.54) is 21.7 Å². The lowest BCUT2D eigenvalue weighted by atomic mass is 9.86. The quantitative estimate of drug-likeness (QED) is 0.685. The fourth-order valence-electron chi connectivity index (χ4n) is 3.21. The fraction of sp³-hybridized carbons (Fsp3) is 0.316. The molecule has 0 saturated carbocycles. The molecule has 108 valence electrons. The topological polar surface area (TPSA) is 32.9 Å². The van der Waals surface area contributed by atoms with Crippen molar-refractivity contribution in [2.24, 2.45) is 0 Å². The van der Waals surface area contributed by atoms with Gasteiger partial charge in [-0.05, 0) is 36.4 Å². The minimum absolute atomic E-state index is 0.00847. The predicted molar refractivity (Wildman–Crippen MR) is 88.8 cm³/mol. The molecule has 1 atom stereocenters. The zero-order chi connectivity index (χ0) is 14.8. The molecule has 0 spiro atoms. The van der Waals surface area contributed by atoms with Crippen LogP contribution in [0.5, 0.6) is 0 Å². The van der Waals surface area contributed by atoms with Crippen LogP contribution in [-0.4, -0.2) is 10.8 Å². The summed E-state index contributed by atoms with van der Waals surface area (Å²) in [5.74, 6) is 0.276. The van der Waals surface area contributed by atoms with Gasteiger partial charge >= 0.3 is 0 Å². The van der Waals surface area contributed by atoms with E-state index >= 15 is 0 Å². The van der Waals surface area contributed by atoms with E-state index in [0.717, 1.165) is 24.8 Å². The second-order valence-electron chi connectivity index (χ2n) is 5.76. The molecule has 1 unspecified atom stereocenters. The molecule has 1 aromatic heterocycles. The number of benzene rings is 2. The maximum atomic E-state index is 12.2. The fourth-order valence-corrected chi connectivity index (χ4v) is 3.21. The molecule has 0 radical (unpaired) electrons. The summed E-state index contributed by atoms with van der Waals surface area (Å²) in [7, 11) is 0. The highest BCUT2D eigenvalue weighted by Crippen LogP contribution is 2.34. The Morgan fingerprint density at radius 3 is 2.67 bits per heavy atom. The van der Waals surface area contributed by atoms with Crippen molar-refractivity contribution in [1.82, 2.24) is 4.98 Å². The number of unbranched alkanes of at least 4 members (excludes halogenated alkanes) is 1. The Morgan fingerprint density at radius 1 is 1.19 bits per heavy atom. The molecule has 2 nitrogen and oxygen atoms in total. The molecule has 0 aliphatic rings. The average Bonchev–Trinajstić information content (AvgIpc) is 2.96. The number of carbonyl (C=O) groups excluding carboxylic acids is 1. The maximum Gasteiger partial charge on any atom is 0.137 e. The lowest BCUT2D eigenvalue weighted by Crippen LogP contribution is -2.09. The number of aromatic nitrogens is 1. The molecule has 0 amide bonds. The number of ketones is 1. The second kappa shape index (κ2) is 5.72. The number of nitrogens with one attached hydrogen (secondary N) is 1. The van der Waals surface area contributed by atoms with Crippen molar-refractivity contribution in [2.45, 2.75) is 39.0 Å². The first-order valence-electron chi connectivity index (χ1n) is 7.71. The van der Waals surface area contributed by atoms with Crippen LogP contribution in [0.2, 0.25) is 0 Å². The number of hydrogen-bond donors (Lipinski definition) is 1. The summed E-state index contributed by atoms with van der Waals surface area (Å²) in [4.78, 5) is 15.5. The van der Waals surface area contributed by atoms with Crippen molar-refractivity contribution >= 4 is 27.5 Å². The van der Waals surface area contributed by atoms with Gasteiger partial charge in [0.25, 0.3) is 0 Å². The molecule has 2 heteroatoms. The number of Topliss-reactive ketones (excluding diaryl/α,β-unsaturated/α-hetero) is 1.